The first-order chi connectivity index (χ1) is 13.0. The van der Waals surface area contributed by atoms with Crippen molar-refractivity contribution in [2.75, 3.05) is 6.54 Å². The summed E-state index contributed by atoms with van der Waals surface area (Å²) in [6.07, 6.45) is 2.14. The lowest BCUT2D eigenvalue weighted by Gasteiger charge is -2.34. The molecule has 0 radical (unpaired) electrons. The second-order valence-corrected chi connectivity index (χ2v) is 9.91. The van der Waals surface area contributed by atoms with Crippen LogP contribution < -0.4 is 10.5 Å². The van der Waals surface area contributed by atoms with E-state index in [0.717, 1.165) is 36.2 Å². The van der Waals surface area contributed by atoms with Gasteiger partial charge in [0.15, 0.2) is 0 Å². The molecule has 0 spiro atoms. The first-order valence-corrected chi connectivity index (χ1v) is 11.3. The van der Waals surface area contributed by atoms with E-state index in [0.29, 0.717) is 16.8 Å². The standard InChI is InChI=1S/C22H26Br2N2O/c1-14(25)9-16-10-18(23)7-8-19(16)27-20-11-17-13-26(22(20)21(17)24)12-15-5-3-2-4-6-15/h2-8,10,14,17,20-22H,9,11-13,25H2,1H3/t14?,17-,20?,21?,22-/m1/s1. The van der Waals surface area contributed by atoms with Crippen molar-refractivity contribution in [1.82, 2.24) is 4.90 Å². The molecular weight excluding hydrogens is 468 g/mol. The predicted octanol–water partition coefficient (Wildman–Crippen LogP) is 4.75. The lowest BCUT2D eigenvalue weighted by molar-refractivity contribution is 0.0701. The zero-order valence-electron chi connectivity index (χ0n) is 15.5. The third kappa shape index (κ3) is 4.26. The lowest BCUT2D eigenvalue weighted by atomic mass is 10.0. The first kappa shape index (κ1) is 19.4. The van der Waals surface area contributed by atoms with E-state index in [2.05, 4.69) is 85.3 Å². The Balaban J connectivity index is 1.52. The summed E-state index contributed by atoms with van der Waals surface area (Å²) in [5, 5.41) is 0. The van der Waals surface area contributed by atoms with Crippen LogP contribution >= 0.6 is 31.9 Å². The van der Waals surface area contributed by atoms with E-state index in [1.807, 2.05) is 6.92 Å². The molecule has 2 aromatic carbocycles. The van der Waals surface area contributed by atoms with Gasteiger partial charge < -0.3 is 10.5 Å². The number of fused-ring (bicyclic) bond motifs is 2. The van der Waals surface area contributed by atoms with E-state index in [1.54, 1.807) is 0 Å². The topological polar surface area (TPSA) is 38.5 Å². The number of nitrogens with zero attached hydrogens (tertiary/aromatic N) is 1. The molecule has 0 amide bonds. The molecule has 5 heteroatoms. The summed E-state index contributed by atoms with van der Waals surface area (Å²) in [5.74, 6) is 1.63. The average molecular weight is 494 g/mol. The van der Waals surface area contributed by atoms with Crippen LogP contribution in [0.25, 0.3) is 0 Å². The number of alkyl halides is 1. The van der Waals surface area contributed by atoms with Gasteiger partial charge in [0.1, 0.15) is 11.9 Å². The van der Waals surface area contributed by atoms with Gasteiger partial charge in [-0.05, 0) is 55.0 Å². The Morgan fingerprint density at radius 2 is 2.00 bits per heavy atom. The molecule has 144 valence electrons. The summed E-state index contributed by atoms with van der Waals surface area (Å²) in [5.41, 5.74) is 8.60. The van der Waals surface area contributed by atoms with E-state index < -0.39 is 0 Å². The first-order valence-electron chi connectivity index (χ1n) is 9.64. The molecule has 1 saturated carbocycles. The molecule has 2 N–H and O–H groups in total. The number of benzene rings is 2. The molecule has 2 bridgehead atoms. The number of ether oxygens (including phenoxy) is 1. The van der Waals surface area contributed by atoms with E-state index >= 15 is 0 Å². The maximum absolute atomic E-state index is 6.59. The molecule has 0 aromatic heterocycles. The SMILES string of the molecule is CC(N)Cc1cc(Br)ccc1OC1C[C@@H]2CN(Cc3ccccc3)[C@H]1C2Br. The van der Waals surface area contributed by atoms with Crippen molar-refractivity contribution in [1.29, 1.82) is 0 Å². The highest BCUT2D eigenvalue weighted by Gasteiger charge is 2.52. The molecule has 1 aliphatic heterocycles. The van der Waals surface area contributed by atoms with Gasteiger partial charge in [0.2, 0.25) is 0 Å². The summed E-state index contributed by atoms with van der Waals surface area (Å²) in [6.45, 7) is 4.16. The Labute approximate surface area is 178 Å². The van der Waals surface area contributed by atoms with Gasteiger partial charge in [-0.3, -0.25) is 4.90 Å². The Kier molecular flexibility index (Phi) is 5.93. The monoisotopic (exact) mass is 492 g/mol. The number of likely N-dealkylation sites (tertiary alicyclic amines) is 1. The van der Waals surface area contributed by atoms with Crippen LogP contribution in [0.4, 0.5) is 0 Å². The van der Waals surface area contributed by atoms with E-state index in [9.17, 15) is 0 Å². The number of hydrogen-bond donors (Lipinski definition) is 1. The van der Waals surface area contributed by atoms with Gasteiger partial charge in [0, 0.05) is 28.4 Å². The maximum Gasteiger partial charge on any atom is 0.123 e. The summed E-state index contributed by atoms with van der Waals surface area (Å²) in [7, 11) is 0. The molecule has 3 nitrogen and oxygen atoms in total. The Morgan fingerprint density at radius 1 is 1.22 bits per heavy atom. The van der Waals surface area contributed by atoms with Gasteiger partial charge in [-0.25, -0.2) is 0 Å². The predicted molar refractivity (Wildman–Crippen MR) is 117 cm³/mol. The van der Waals surface area contributed by atoms with Crippen LogP contribution in [0.15, 0.2) is 53.0 Å². The minimum absolute atomic E-state index is 0.111. The number of nitrogens with two attached hydrogens (primary N) is 1. The van der Waals surface area contributed by atoms with Crippen LogP contribution in [0.5, 0.6) is 5.75 Å². The molecule has 27 heavy (non-hydrogen) atoms. The molecule has 1 heterocycles. The zero-order chi connectivity index (χ0) is 19.0. The second-order valence-electron chi connectivity index (χ2n) is 7.94. The summed E-state index contributed by atoms with van der Waals surface area (Å²) in [4.78, 5) is 3.08. The molecule has 4 rings (SSSR count). The van der Waals surface area contributed by atoms with Crippen molar-refractivity contribution in [2.24, 2.45) is 11.7 Å². The fraction of sp³-hybridized carbons (Fsp3) is 0.455. The van der Waals surface area contributed by atoms with Crippen molar-refractivity contribution in [2.45, 2.75) is 49.3 Å². The van der Waals surface area contributed by atoms with Crippen molar-refractivity contribution in [3.05, 3.63) is 64.1 Å². The number of hydrogen-bond acceptors (Lipinski definition) is 3. The molecule has 1 aliphatic carbocycles. The fourth-order valence-electron chi connectivity index (χ4n) is 4.52. The third-order valence-electron chi connectivity index (χ3n) is 5.65. The fourth-order valence-corrected chi connectivity index (χ4v) is 5.99. The molecule has 2 aliphatic rings. The van der Waals surface area contributed by atoms with Gasteiger partial charge in [-0.2, -0.15) is 0 Å². The van der Waals surface area contributed by atoms with E-state index in [1.165, 1.54) is 11.1 Å². The molecule has 2 aromatic rings. The molecular formula is C22H26Br2N2O. The largest absolute Gasteiger partial charge is 0.488 e. The van der Waals surface area contributed by atoms with Crippen LogP contribution in [-0.4, -0.2) is 34.5 Å². The maximum atomic E-state index is 6.59. The van der Waals surface area contributed by atoms with Crippen LogP contribution in [0.2, 0.25) is 0 Å². The second kappa shape index (κ2) is 8.24. The highest BCUT2D eigenvalue weighted by Crippen LogP contribution is 2.45. The highest BCUT2D eigenvalue weighted by molar-refractivity contribution is 9.10. The number of halogens is 2. The average Bonchev–Trinajstić information content (AvgIpc) is 3.09. The number of rotatable bonds is 6. The van der Waals surface area contributed by atoms with E-state index in [-0.39, 0.29) is 12.1 Å². The van der Waals surface area contributed by atoms with Gasteiger partial charge in [-0.1, -0.05) is 62.2 Å². The van der Waals surface area contributed by atoms with Crippen molar-refractivity contribution in [3.8, 4) is 5.75 Å². The molecule has 1 saturated heterocycles. The highest BCUT2D eigenvalue weighted by atomic mass is 79.9. The lowest BCUT2D eigenvalue weighted by Crippen LogP contribution is -2.45. The van der Waals surface area contributed by atoms with Gasteiger partial charge in [0.25, 0.3) is 0 Å². The van der Waals surface area contributed by atoms with Crippen LogP contribution in [0.1, 0.15) is 24.5 Å². The minimum atomic E-state index is 0.111. The van der Waals surface area contributed by atoms with Crippen LogP contribution in [0.3, 0.4) is 0 Å². The van der Waals surface area contributed by atoms with Gasteiger partial charge in [0.05, 0.1) is 6.04 Å². The molecule has 2 fully saturated rings. The van der Waals surface area contributed by atoms with Gasteiger partial charge >= 0.3 is 0 Å². The van der Waals surface area contributed by atoms with Crippen LogP contribution in [0, 0.1) is 5.92 Å². The Morgan fingerprint density at radius 3 is 2.70 bits per heavy atom. The smallest absolute Gasteiger partial charge is 0.123 e. The Bertz CT molecular complexity index is 783. The number of piperidine rings is 1. The minimum Gasteiger partial charge on any atom is -0.488 e. The quantitative estimate of drug-likeness (QED) is 0.590. The Hall–Kier alpha value is -0.880. The summed E-state index contributed by atoms with van der Waals surface area (Å²) in [6, 6.07) is 17.5. The van der Waals surface area contributed by atoms with Crippen molar-refractivity contribution < 1.29 is 4.74 Å². The normalized spacial score (nSPS) is 28.4. The van der Waals surface area contributed by atoms with Gasteiger partial charge in [-0.15, -0.1) is 0 Å². The molecule has 5 atom stereocenters. The van der Waals surface area contributed by atoms with Crippen molar-refractivity contribution in [3.63, 3.8) is 0 Å². The molecule has 3 unspecified atom stereocenters. The summed E-state index contributed by atoms with van der Waals surface area (Å²) < 4.78 is 7.66. The summed E-state index contributed by atoms with van der Waals surface area (Å²) >= 11 is 7.54. The van der Waals surface area contributed by atoms with E-state index in [4.69, 9.17) is 10.5 Å². The third-order valence-corrected chi connectivity index (χ3v) is 7.44. The van der Waals surface area contributed by atoms with Crippen LogP contribution in [-0.2, 0) is 13.0 Å². The van der Waals surface area contributed by atoms with Crippen molar-refractivity contribution >= 4 is 31.9 Å². The zero-order valence-corrected chi connectivity index (χ0v) is 18.7.